The van der Waals surface area contributed by atoms with Gasteiger partial charge in [0.2, 0.25) is 5.91 Å². The second-order valence-electron chi connectivity index (χ2n) is 12.2. The van der Waals surface area contributed by atoms with Gasteiger partial charge in [0.1, 0.15) is 36.6 Å². The number of carbonyl (C=O) groups excluding carboxylic acids is 1. The number of hydrogen-bond donors (Lipinski definition) is 9. The fourth-order valence-corrected chi connectivity index (χ4v) is 6.07. The number of nitrogens with one attached hydrogen (secondary N) is 1. The molecule has 1 fully saturated rings. The maximum atomic E-state index is 12.8. The zero-order chi connectivity index (χ0) is 35.2. The fourth-order valence-electron chi connectivity index (χ4n) is 5.10. The molecule has 1 saturated carbocycles. The average molecular weight is 694 g/mol. The van der Waals surface area contributed by atoms with Gasteiger partial charge in [-0.2, -0.15) is 0 Å². The van der Waals surface area contributed by atoms with Gasteiger partial charge in [-0.25, -0.2) is 4.57 Å². The number of aliphatic hydroxyl groups excluding tert-OH is 7. The number of rotatable bonds is 25. The number of carbonyl (C=O) groups is 1. The van der Waals surface area contributed by atoms with E-state index >= 15 is 0 Å². The van der Waals surface area contributed by atoms with Gasteiger partial charge in [-0.05, 0) is 38.5 Å². The minimum absolute atomic E-state index is 0.257. The van der Waals surface area contributed by atoms with E-state index in [2.05, 4.69) is 37.4 Å². The second kappa shape index (κ2) is 24.6. The molecule has 0 aromatic heterocycles. The van der Waals surface area contributed by atoms with Gasteiger partial charge in [-0.15, -0.1) is 0 Å². The van der Waals surface area contributed by atoms with Gasteiger partial charge in [0.05, 0.1) is 31.3 Å². The summed E-state index contributed by atoms with van der Waals surface area (Å²) in [5, 5.41) is 73.5. The van der Waals surface area contributed by atoms with Crippen LogP contribution in [0.15, 0.2) is 36.5 Å². The third kappa shape index (κ3) is 18.2. The first-order valence-electron chi connectivity index (χ1n) is 17.0. The largest absolute Gasteiger partial charge is 0.472 e. The monoisotopic (exact) mass is 693 g/mol. The molecule has 0 spiro atoms. The van der Waals surface area contributed by atoms with Crippen LogP contribution >= 0.6 is 7.82 Å². The number of allylic oxidation sites excluding steroid dienone is 5. The lowest BCUT2D eigenvalue weighted by Crippen LogP contribution is -2.64. The van der Waals surface area contributed by atoms with Gasteiger partial charge in [-0.3, -0.25) is 13.8 Å². The molecule has 14 heteroatoms. The number of phosphoric acid groups is 1. The Bertz CT molecular complexity index is 963. The van der Waals surface area contributed by atoms with Crippen LogP contribution in [0.25, 0.3) is 0 Å². The standard InChI is InChI=1S/C33H60NO12P/c1-3-5-7-9-11-12-13-15-17-19-21-26(36)25(34-27(37)22-24(35)20-18-16-14-10-8-6-4-2)23-45-47(43,44)46-33-31(41)29(39)28(38)30(40)32(33)42/h5,7,12-13,19,21,24-26,28-33,35-36,38-42H,3-4,6,8-11,14-18,20,22-23H2,1-2H3,(H,34,37)(H,43,44)/b7-5+,13-12+,21-19+. The van der Waals surface area contributed by atoms with E-state index in [0.29, 0.717) is 19.3 Å². The van der Waals surface area contributed by atoms with Crippen molar-refractivity contribution in [3.63, 3.8) is 0 Å². The van der Waals surface area contributed by atoms with Crippen LogP contribution in [-0.4, -0.2) is 108 Å². The Balaban J connectivity index is 2.78. The predicted octanol–water partition coefficient (Wildman–Crippen LogP) is 2.68. The SMILES string of the molecule is CC/C=C/CC/C=C/CC/C=C/C(O)C(COP(=O)(O)OC1C(O)C(O)C(O)C(O)C1O)NC(=O)CC(O)CCCCCCCCC. The number of aliphatic hydroxyl groups is 7. The lowest BCUT2D eigenvalue weighted by atomic mass is 9.85. The molecule has 1 rings (SSSR count). The Labute approximate surface area is 279 Å². The summed E-state index contributed by atoms with van der Waals surface area (Å²) >= 11 is 0. The maximum Gasteiger partial charge on any atom is 0.472 e. The molecule has 0 saturated heterocycles. The average Bonchev–Trinajstić information content (AvgIpc) is 3.03. The van der Waals surface area contributed by atoms with E-state index in [0.717, 1.165) is 51.4 Å². The topological polar surface area (TPSA) is 226 Å². The summed E-state index contributed by atoms with van der Waals surface area (Å²) < 4.78 is 22.6. The summed E-state index contributed by atoms with van der Waals surface area (Å²) in [6, 6.07) is -1.26. The highest BCUT2D eigenvalue weighted by molar-refractivity contribution is 7.47. The third-order valence-electron chi connectivity index (χ3n) is 7.97. The number of hydrogen-bond acceptors (Lipinski definition) is 11. The van der Waals surface area contributed by atoms with Crippen LogP contribution in [0, 0.1) is 0 Å². The molecule has 0 heterocycles. The highest BCUT2D eigenvalue weighted by Gasteiger charge is 2.51. The highest BCUT2D eigenvalue weighted by Crippen LogP contribution is 2.47. The Morgan fingerprint density at radius 3 is 1.85 bits per heavy atom. The van der Waals surface area contributed by atoms with E-state index < -0.39 is 75.2 Å². The molecule has 0 radical (unpaired) electrons. The molecule has 47 heavy (non-hydrogen) atoms. The van der Waals surface area contributed by atoms with Crippen LogP contribution in [-0.2, 0) is 18.4 Å². The Kier molecular flexibility index (Phi) is 22.8. The normalized spacial score (nSPS) is 26.9. The van der Waals surface area contributed by atoms with Gasteiger partial charge in [0.25, 0.3) is 0 Å². The van der Waals surface area contributed by atoms with Crippen LogP contribution in [0.2, 0.25) is 0 Å². The third-order valence-corrected chi connectivity index (χ3v) is 8.95. The van der Waals surface area contributed by atoms with Crippen molar-refractivity contribution >= 4 is 13.7 Å². The zero-order valence-corrected chi connectivity index (χ0v) is 28.8. The molecule has 1 amide bonds. The Morgan fingerprint density at radius 1 is 0.766 bits per heavy atom. The van der Waals surface area contributed by atoms with Crippen LogP contribution in [0.3, 0.4) is 0 Å². The quantitative estimate of drug-likeness (QED) is 0.0382. The Morgan fingerprint density at radius 2 is 1.28 bits per heavy atom. The smallest absolute Gasteiger partial charge is 0.393 e. The molecule has 0 aromatic rings. The minimum atomic E-state index is -5.13. The molecule has 1 aliphatic rings. The highest BCUT2D eigenvalue weighted by atomic mass is 31.2. The minimum Gasteiger partial charge on any atom is -0.393 e. The van der Waals surface area contributed by atoms with Crippen molar-refractivity contribution < 1.29 is 59.0 Å². The van der Waals surface area contributed by atoms with Crippen molar-refractivity contribution in [1.29, 1.82) is 0 Å². The molecule has 13 nitrogen and oxygen atoms in total. The van der Waals surface area contributed by atoms with Crippen LogP contribution in [0.5, 0.6) is 0 Å². The molecule has 0 bridgehead atoms. The van der Waals surface area contributed by atoms with Crippen LogP contribution < -0.4 is 5.32 Å². The van der Waals surface area contributed by atoms with Gasteiger partial charge in [0.15, 0.2) is 0 Å². The molecule has 0 aromatic carbocycles. The predicted molar refractivity (Wildman–Crippen MR) is 178 cm³/mol. The summed E-state index contributed by atoms with van der Waals surface area (Å²) in [7, 11) is -5.13. The van der Waals surface area contributed by atoms with E-state index in [-0.39, 0.29) is 6.42 Å². The van der Waals surface area contributed by atoms with E-state index in [1.807, 2.05) is 6.08 Å². The summed E-state index contributed by atoms with van der Waals surface area (Å²) in [5.74, 6) is -0.617. The summed E-state index contributed by atoms with van der Waals surface area (Å²) in [5.41, 5.74) is 0. The van der Waals surface area contributed by atoms with Crippen molar-refractivity contribution in [2.75, 3.05) is 6.61 Å². The van der Waals surface area contributed by atoms with Crippen molar-refractivity contribution in [3.8, 4) is 0 Å². The Hall–Kier alpha value is -1.48. The van der Waals surface area contributed by atoms with Gasteiger partial charge in [-0.1, -0.05) is 95.2 Å². The summed E-state index contributed by atoms with van der Waals surface area (Å²) in [6.45, 7) is 3.47. The molecule has 274 valence electrons. The van der Waals surface area contributed by atoms with Crippen molar-refractivity contribution in [3.05, 3.63) is 36.5 Å². The second-order valence-corrected chi connectivity index (χ2v) is 13.6. The van der Waals surface area contributed by atoms with Gasteiger partial charge in [0, 0.05) is 0 Å². The molecular formula is C33H60NO12P. The van der Waals surface area contributed by atoms with Gasteiger partial charge < -0.3 is 46.0 Å². The number of amides is 1. The molecule has 8 unspecified atom stereocenters. The lowest BCUT2D eigenvalue weighted by Gasteiger charge is -2.41. The lowest BCUT2D eigenvalue weighted by molar-refractivity contribution is -0.220. The molecule has 0 aliphatic heterocycles. The van der Waals surface area contributed by atoms with Crippen LogP contribution in [0.4, 0.5) is 0 Å². The van der Waals surface area contributed by atoms with Gasteiger partial charge >= 0.3 is 7.82 Å². The first-order valence-corrected chi connectivity index (χ1v) is 18.5. The first kappa shape index (κ1) is 43.5. The molecular weight excluding hydrogens is 633 g/mol. The van der Waals surface area contributed by atoms with Crippen molar-refractivity contribution in [1.82, 2.24) is 5.32 Å². The molecule has 8 atom stereocenters. The van der Waals surface area contributed by atoms with Crippen molar-refractivity contribution in [2.45, 2.75) is 159 Å². The first-order chi connectivity index (χ1) is 22.3. The molecule has 9 N–H and O–H groups in total. The molecule has 1 aliphatic carbocycles. The van der Waals surface area contributed by atoms with E-state index in [1.54, 1.807) is 6.08 Å². The maximum absolute atomic E-state index is 12.8. The van der Waals surface area contributed by atoms with Crippen molar-refractivity contribution in [2.24, 2.45) is 0 Å². The van der Waals surface area contributed by atoms with E-state index in [1.165, 1.54) is 18.9 Å². The number of phosphoric ester groups is 1. The summed E-state index contributed by atoms with van der Waals surface area (Å²) in [4.78, 5) is 23.1. The number of unbranched alkanes of at least 4 members (excludes halogenated alkanes) is 8. The summed E-state index contributed by atoms with van der Waals surface area (Å²) in [6.07, 6.45) is 8.86. The van der Waals surface area contributed by atoms with Crippen LogP contribution in [0.1, 0.15) is 104 Å². The van der Waals surface area contributed by atoms with E-state index in [4.69, 9.17) is 9.05 Å². The fraction of sp³-hybridized carbons (Fsp3) is 0.788. The van der Waals surface area contributed by atoms with E-state index in [9.17, 15) is 50.0 Å². The zero-order valence-electron chi connectivity index (χ0n) is 27.9.